The van der Waals surface area contributed by atoms with Crippen molar-refractivity contribution in [3.63, 3.8) is 0 Å². The number of halogens is 5. The van der Waals surface area contributed by atoms with Gasteiger partial charge in [-0.25, -0.2) is 27.5 Å². The van der Waals surface area contributed by atoms with Gasteiger partial charge in [-0.15, -0.1) is 10.2 Å². The van der Waals surface area contributed by atoms with Crippen molar-refractivity contribution >= 4 is 39.5 Å². The molecule has 12 nitrogen and oxygen atoms in total. The van der Waals surface area contributed by atoms with Gasteiger partial charge in [-0.1, -0.05) is 11.6 Å². The van der Waals surface area contributed by atoms with Crippen LogP contribution in [0.1, 0.15) is 37.8 Å². The molecule has 2 aliphatic rings. The molecule has 4 aromatic heterocycles. The zero-order valence-corrected chi connectivity index (χ0v) is 28.5. The molecule has 8 rings (SSSR count). The van der Waals surface area contributed by atoms with Gasteiger partial charge in [0, 0.05) is 74.8 Å². The van der Waals surface area contributed by atoms with Crippen LogP contribution in [0.2, 0.25) is 5.15 Å². The third kappa shape index (κ3) is 8.41. The number of hydrogen-bond donors (Lipinski definition) is 2. The molecule has 0 aliphatic heterocycles. The number of benzene rings is 2. The molecule has 0 unspecified atom stereocenters. The Hall–Kier alpha value is -4.77. The van der Waals surface area contributed by atoms with Crippen molar-refractivity contribution in [2.75, 3.05) is 45.8 Å². The SMILES string of the molecule is COCCN.COCCNc1cc(-c2nc3cc(F)c(F)cc3n2C2CC2)cnn1.Fc1cc2nc(-c3cnnc(Cl)c3)n(C3CC3)c2cc1F. The number of imidazole rings is 2. The van der Waals surface area contributed by atoms with Gasteiger partial charge >= 0.3 is 0 Å². The second kappa shape index (κ2) is 16.1. The fraction of sp³-hybridized carbons (Fsp3) is 0.353. The van der Waals surface area contributed by atoms with Crippen LogP contribution in [-0.4, -0.2) is 80.0 Å². The molecular weight excluding hydrogens is 692 g/mol. The number of hydrogen-bond acceptors (Lipinski definition) is 10. The normalized spacial score (nSPS) is 13.9. The summed E-state index contributed by atoms with van der Waals surface area (Å²) in [5.41, 5.74) is 8.48. The number of nitrogens with one attached hydrogen (secondary N) is 1. The van der Waals surface area contributed by atoms with Crippen LogP contribution in [0.25, 0.3) is 44.8 Å². The largest absolute Gasteiger partial charge is 0.383 e. The van der Waals surface area contributed by atoms with Crippen LogP contribution in [0.5, 0.6) is 0 Å². The molecule has 0 amide bonds. The molecule has 0 spiro atoms. The van der Waals surface area contributed by atoms with E-state index in [1.54, 1.807) is 32.7 Å². The van der Waals surface area contributed by atoms with Gasteiger partial charge in [-0.05, 0) is 37.8 Å². The Bertz CT molecular complexity index is 2140. The summed E-state index contributed by atoms with van der Waals surface area (Å²) in [5, 5.41) is 18.9. The first-order valence-electron chi connectivity index (χ1n) is 16.2. The standard InChI is InChI=1S/C17H17F2N5O.C14H9ClF2N4.C3H9NO/c1-25-5-4-20-16-6-10(9-21-23-16)17-22-14-7-12(18)13(19)8-15(14)24(17)11-2-3-11;15-13-3-7(6-18-20-13)14-19-11-4-9(16)10(17)5-12(11)21(14)8-1-2-8;1-5-3-2-4/h6-9,11H,2-5H2,1H3,(H,20,23);3-6,8H,1-2H2;2-4H2,1H3. The van der Waals surface area contributed by atoms with Crippen LogP contribution in [0.3, 0.4) is 0 Å². The first-order valence-corrected chi connectivity index (χ1v) is 16.6. The molecule has 0 atom stereocenters. The number of nitrogens with zero attached hydrogens (tertiary/aromatic N) is 8. The molecule has 0 radical (unpaired) electrons. The quantitative estimate of drug-likeness (QED) is 0.118. The van der Waals surface area contributed by atoms with Crippen molar-refractivity contribution in [1.29, 1.82) is 0 Å². The molecule has 51 heavy (non-hydrogen) atoms. The predicted molar refractivity (Wildman–Crippen MR) is 184 cm³/mol. The summed E-state index contributed by atoms with van der Waals surface area (Å²) in [4.78, 5) is 8.94. The smallest absolute Gasteiger partial charge is 0.161 e. The average molecular weight is 727 g/mol. The van der Waals surface area contributed by atoms with Crippen molar-refractivity contribution in [1.82, 2.24) is 39.5 Å². The van der Waals surface area contributed by atoms with E-state index in [-0.39, 0.29) is 17.2 Å². The molecule has 17 heteroatoms. The van der Waals surface area contributed by atoms with Crippen LogP contribution in [0, 0.1) is 23.3 Å². The first-order chi connectivity index (χ1) is 24.7. The molecule has 0 saturated heterocycles. The summed E-state index contributed by atoms with van der Waals surface area (Å²) in [7, 11) is 3.26. The van der Waals surface area contributed by atoms with E-state index in [1.165, 1.54) is 12.1 Å². The van der Waals surface area contributed by atoms with Crippen molar-refractivity contribution in [3.8, 4) is 22.8 Å². The van der Waals surface area contributed by atoms with Gasteiger partial charge in [0.25, 0.3) is 0 Å². The average Bonchev–Trinajstić information content (AvgIpc) is 4.06. The highest BCUT2D eigenvalue weighted by Crippen LogP contribution is 2.43. The topological polar surface area (TPSA) is 144 Å². The number of ether oxygens (including phenoxy) is 2. The number of anilines is 1. The number of rotatable bonds is 10. The maximum atomic E-state index is 13.7. The van der Waals surface area contributed by atoms with Crippen molar-refractivity contribution < 1.29 is 27.0 Å². The number of fused-ring (bicyclic) bond motifs is 2. The van der Waals surface area contributed by atoms with Crippen LogP contribution in [0.15, 0.2) is 48.8 Å². The lowest BCUT2D eigenvalue weighted by molar-refractivity contribution is 0.207. The number of aromatic nitrogens is 8. The van der Waals surface area contributed by atoms with E-state index < -0.39 is 23.3 Å². The fourth-order valence-electron chi connectivity index (χ4n) is 5.43. The van der Waals surface area contributed by atoms with Crippen LogP contribution >= 0.6 is 11.6 Å². The van der Waals surface area contributed by atoms with Crippen molar-refractivity contribution in [2.24, 2.45) is 5.73 Å². The lowest BCUT2D eigenvalue weighted by Gasteiger charge is -2.09. The first kappa shape index (κ1) is 36.0. The number of nitrogens with two attached hydrogens (primary N) is 1. The Kier molecular flexibility index (Phi) is 11.3. The van der Waals surface area contributed by atoms with Gasteiger partial charge in [-0.2, -0.15) is 10.2 Å². The third-order valence-corrected chi connectivity index (χ3v) is 8.20. The fourth-order valence-corrected chi connectivity index (χ4v) is 5.59. The third-order valence-electron chi connectivity index (χ3n) is 8.02. The van der Waals surface area contributed by atoms with Crippen molar-refractivity contribution in [2.45, 2.75) is 37.8 Å². The highest BCUT2D eigenvalue weighted by molar-refractivity contribution is 6.29. The van der Waals surface area contributed by atoms with E-state index >= 15 is 0 Å². The minimum absolute atomic E-state index is 0.249. The van der Waals surface area contributed by atoms with E-state index in [4.69, 9.17) is 22.1 Å². The second-order valence-corrected chi connectivity index (χ2v) is 12.3. The molecule has 2 aromatic carbocycles. The molecule has 4 heterocycles. The predicted octanol–water partition coefficient (Wildman–Crippen LogP) is 6.52. The minimum atomic E-state index is -0.902. The molecule has 2 fully saturated rings. The van der Waals surface area contributed by atoms with Crippen LogP contribution < -0.4 is 11.1 Å². The summed E-state index contributed by atoms with van der Waals surface area (Å²) in [6, 6.07) is 8.63. The zero-order chi connectivity index (χ0) is 36.1. The zero-order valence-electron chi connectivity index (χ0n) is 27.8. The van der Waals surface area contributed by atoms with Gasteiger partial charge in [0.1, 0.15) is 17.5 Å². The Morgan fingerprint density at radius 2 is 1.22 bits per heavy atom. The van der Waals surface area contributed by atoms with Gasteiger partial charge < -0.3 is 29.7 Å². The molecule has 268 valence electrons. The molecule has 2 aliphatic carbocycles. The highest BCUT2D eigenvalue weighted by atomic mass is 35.5. The Balaban J connectivity index is 0.000000157. The van der Waals surface area contributed by atoms with Gasteiger partial charge in [0.15, 0.2) is 28.4 Å². The number of methoxy groups -OCH3 is 2. The molecule has 2 saturated carbocycles. The summed E-state index contributed by atoms with van der Waals surface area (Å²) in [5.74, 6) is -1.69. The molecule has 0 bridgehead atoms. The minimum Gasteiger partial charge on any atom is -0.383 e. The molecular formula is C34H35ClF4N10O2. The summed E-state index contributed by atoms with van der Waals surface area (Å²) in [6.45, 7) is 2.44. The monoisotopic (exact) mass is 726 g/mol. The van der Waals surface area contributed by atoms with Gasteiger partial charge in [0.2, 0.25) is 0 Å². The summed E-state index contributed by atoms with van der Waals surface area (Å²) >= 11 is 5.86. The lowest BCUT2D eigenvalue weighted by Crippen LogP contribution is -2.09. The Morgan fingerprint density at radius 3 is 1.67 bits per heavy atom. The maximum absolute atomic E-state index is 13.7. The van der Waals surface area contributed by atoms with E-state index in [0.717, 1.165) is 43.4 Å². The van der Waals surface area contributed by atoms with E-state index in [2.05, 4.69) is 40.4 Å². The van der Waals surface area contributed by atoms with Gasteiger partial charge in [0.05, 0.1) is 47.7 Å². The summed E-state index contributed by atoms with van der Waals surface area (Å²) in [6.07, 6.45) is 7.12. The summed E-state index contributed by atoms with van der Waals surface area (Å²) < 4.78 is 67.7. The Morgan fingerprint density at radius 1 is 0.725 bits per heavy atom. The Labute approximate surface area is 295 Å². The van der Waals surface area contributed by atoms with E-state index in [9.17, 15) is 17.6 Å². The second-order valence-electron chi connectivity index (χ2n) is 11.9. The molecule has 6 aromatic rings. The maximum Gasteiger partial charge on any atom is 0.161 e. The van der Waals surface area contributed by atoms with Crippen LogP contribution in [0.4, 0.5) is 23.4 Å². The van der Waals surface area contributed by atoms with E-state index in [0.29, 0.717) is 71.4 Å². The lowest BCUT2D eigenvalue weighted by atomic mass is 10.2. The van der Waals surface area contributed by atoms with Gasteiger partial charge in [-0.3, -0.25) is 0 Å². The van der Waals surface area contributed by atoms with Crippen LogP contribution in [-0.2, 0) is 9.47 Å². The van der Waals surface area contributed by atoms with E-state index in [1.807, 2.05) is 15.2 Å². The van der Waals surface area contributed by atoms with Crippen molar-refractivity contribution in [3.05, 3.63) is 77.2 Å². The highest BCUT2D eigenvalue weighted by Gasteiger charge is 2.31. The molecule has 3 N–H and O–H groups in total.